The number of hydrogen-bond donors (Lipinski definition) is 2. The van der Waals surface area contributed by atoms with Crippen LogP contribution in [0.3, 0.4) is 0 Å². The number of aromatic hydroxyl groups is 1. The topological polar surface area (TPSA) is 113 Å². The summed E-state index contributed by atoms with van der Waals surface area (Å²) in [5, 5.41) is 14.6. The van der Waals surface area contributed by atoms with Crippen molar-refractivity contribution in [2.45, 2.75) is 32.1 Å². The number of amides is 1. The lowest BCUT2D eigenvalue weighted by Crippen LogP contribution is -2.30. The predicted octanol–water partition coefficient (Wildman–Crippen LogP) is 3.63. The maximum atomic E-state index is 12.7. The average Bonchev–Trinajstić information content (AvgIpc) is 3.34. The number of phenolic OH excluding ortho intramolecular Hbond substituents is 1. The number of hydrogen-bond acceptors (Lipinski definition) is 7. The van der Waals surface area contributed by atoms with E-state index in [1.165, 1.54) is 33.8 Å². The molecule has 0 aliphatic rings. The van der Waals surface area contributed by atoms with E-state index in [0.717, 1.165) is 4.88 Å². The van der Waals surface area contributed by atoms with E-state index in [9.17, 15) is 18.3 Å². The van der Waals surface area contributed by atoms with Gasteiger partial charge in [0.2, 0.25) is 21.8 Å². The largest absolute Gasteiger partial charge is 0.506 e. The molecule has 2 N–H and O–H groups in total. The second-order valence-corrected chi connectivity index (χ2v) is 9.38. The minimum absolute atomic E-state index is 0.00287. The number of nitrogens with one attached hydrogen (secondary N) is 1. The lowest BCUT2D eigenvalue weighted by Gasteiger charge is -2.19. The molecule has 1 amide bonds. The van der Waals surface area contributed by atoms with Crippen LogP contribution in [0.4, 0.5) is 5.69 Å². The van der Waals surface area contributed by atoms with Gasteiger partial charge in [0.1, 0.15) is 11.5 Å². The van der Waals surface area contributed by atoms with Gasteiger partial charge in [-0.25, -0.2) is 13.4 Å². The highest BCUT2D eigenvalue weighted by Crippen LogP contribution is 2.29. The summed E-state index contributed by atoms with van der Waals surface area (Å²) in [6.07, 6.45) is -0.0762. The van der Waals surface area contributed by atoms with Gasteiger partial charge in [-0.3, -0.25) is 4.79 Å². The van der Waals surface area contributed by atoms with E-state index in [1.807, 2.05) is 17.5 Å². The second kappa shape index (κ2) is 8.99. The Morgan fingerprint density at radius 2 is 2.00 bits per heavy atom. The number of benzene rings is 1. The third kappa shape index (κ3) is 4.55. The SMILES string of the molecule is CCN(CC)S(=O)(=O)c1ccc(O)c(NC(=O)Cc2nc(-c3cccs3)oc2C)c1. The van der Waals surface area contributed by atoms with Crippen LogP contribution in [0.1, 0.15) is 25.3 Å². The van der Waals surface area contributed by atoms with E-state index >= 15 is 0 Å². The first-order valence-corrected chi connectivity index (χ1v) is 11.7. The second-order valence-electron chi connectivity index (χ2n) is 6.49. The fourth-order valence-corrected chi connectivity index (χ4v) is 5.07. The fraction of sp³-hybridized carbons (Fsp3) is 0.300. The van der Waals surface area contributed by atoms with Gasteiger partial charge < -0.3 is 14.8 Å². The zero-order valence-electron chi connectivity index (χ0n) is 16.9. The van der Waals surface area contributed by atoms with Crippen LogP contribution in [0, 0.1) is 6.92 Å². The Labute approximate surface area is 179 Å². The molecule has 8 nitrogen and oxygen atoms in total. The van der Waals surface area contributed by atoms with Crippen molar-refractivity contribution >= 4 is 33.0 Å². The summed E-state index contributed by atoms with van der Waals surface area (Å²) in [4.78, 5) is 17.8. The predicted molar refractivity (Wildman–Crippen MR) is 115 cm³/mol. The summed E-state index contributed by atoms with van der Waals surface area (Å²) >= 11 is 1.48. The fourth-order valence-electron chi connectivity index (χ4n) is 2.93. The first-order valence-electron chi connectivity index (χ1n) is 9.39. The smallest absolute Gasteiger partial charge is 0.243 e. The van der Waals surface area contributed by atoms with E-state index in [2.05, 4.69) is 10.3 Å². The van der Waals surface area contributed by atoms with Crippen LogP contribution in [0.25, 0.3) is 10.8 Å². The Bertz CT molecular complexity index is 1130. The Morgan fingerprint density at radius 1 is 1.27 bits per heavy atom. The molecule has 160 valence electrons. The number of aryl methyl sites for hydroxylation is 1. The Hall–Kier alpha value is -2.69. The third-order valence-corrected chi connectivity index (χ3v) is 7.44. The van der Waals surface area contributed by atoms with Crippen LogP contribution in [0.2, 0.25) is 0 Å². The molecule has 0 aliphatic heterocycles. The van der Waals surface area contributed by atoms with Gasteiger partial charge in [0, 0.05) is 13.1 Å². The molecule has 2 heterocycles. The summed E-state index contributed by atoms with van der Waals surface area (Å²) in [6.45, 7) is 5.85. The molecule has 2 aromatic heterocycles. The molecular formula is C20H23N3O5S2. The number of phenols is 1. The molecule has 0 radical (unpaired) electrons. The van der Waals surface area contributed by atoms with Crippen molar-refractivity contribution in [3.8, 4) is 16.5 Å². The summed E-state index contributed by atoms with van der Waals surface area (Å²) in [5.74, 6) is 0.297. The summed E-state index contributed by atoms with van der Waals surface area (Å²) in [6, 6.07) is 7.58. The van der Waals surface area contributed by atoms with E-state index in [1.54, 1.807) is 20.8 Å². The van der Waals surface area contributed by atoms with Crippen LogP contribution in [0.15, 0.2) is 45.0 Å². The highest BCUT2D eigenvalue weighted by molar-refractivity contribution is 7.89. The molecular weight excluding hydrogens is 426 g/mol. The van der Waals surface area contributed by atoms with Crippen molar-refractivity contribution in [2.75, 3.05) is 18.4 Å². The van der Waals surface area contributed by atoms with Gasteiger partial charge in [-0.05, 0) is 36.6 Å². The highest BCUT2D eigenvalue weighted by Gasteiger charge is 2.23. The van der Waals surface area contributed by atoms with E-state index < -0.39 is 15.9 Å². The molecule has 0 unspecified atom stereocenters. The van der Waals surface area contributed by atoms with Gasteiger partial charge in [-0.2, -0.15) is 4.31 Å². The summed E-state index contributed by atoms with van der Waals surface area (Å²) in [7, 11) is -3.72. The van der Waals surface area contributed by atoms with Crippen molar-refractivity contribution in [1.29, 1.82) is 0 Å². The monoisotopic (exact) mass is 449 g/mol. The van der Waals surface area contributed by atoms with Crippen molar-refractivity contribution in [3.63, 3.8) is 0 Å². The molecule has 3 rings (SSSR count). The van der Waals surface area contributed by atoms with Crippen LogP contribution >= 0.6 is 11.3 Å². The zero-order valence-corrected chi connectivity index (χ0v) is 18.5. The lowest BCUT2D eigenvalue weighted by atomic mass is 10.2. The number of anilines is 1. The molecule has 10 heteroatoms. The molecule has 0 saturated heterocycles. The first-order chi connectivity index (χ1) is 14.3. The average molecular weight is 450 g/mol. The normalized spacial score (nSPS) is 11.7. The van der Waals surface area contributed by atoms with Crippen molar-refractivity contribution in [1.82, 2.24) is 9.29 Å². The number of carbonyl (C=O) groups is 1. The lowest BCUT2D eigenvalue weighted by molar-refractivity contribution is -0.115. The van der Waals surface area contributed by atoms with Crippen LogP contribution < -0.4 is 5.32 Å². The molecule has 3 aromatic rings. The number of aromatic nitrogens is 1. The minimum atomic E-state index is -3.72. The highest BCUT2D eigenvalue weighted by atomic mass is 32.2. The van der Waals surface area contributed by atoms with Crippen LogP contribution in [-0.2, 0) is 21.2 Å². The summed E-state index contributed by atoms with van der Waals surface area (Å²) in [5.41, 5.74) is 0.496. The quantitative estimate of drug-likeness (QED) is 0.508. The third-order valence-electron chi connectivity index (χ3n) is 4.54. The maximum absolute atomic E-state index is 12.7. The number of oxazole rings is 1. The standard InChI is InChI=1S/C20H23N3O5S2/c1-4-23(5-2)30(26,27)14-8-9-17(24)16(11-14)21-19(25)12-15-13(3)28-20(22-15)18-7-6-10-29-18/h6-11,24H,4-5,12H2,1-3H3,(H,21,25). The molecule has 0 atom stereocenters. The van der Waals surface area contributed by atoms with Gasteiger partial charge in [0.15, 0.2) is 0 Å². The number of nitrogens with zero attached hydrogens (tertiary/aromatic N) is 2. The number of carbonyl (C=O) groups excluding carboxylic acids is 1. The zero-order chi connectivity index (χ0) is 21.9. The number of sulfonamides is 1. The van der Waals surface area contributed by atoms with Gasteiger partial charge >= 0.3 is 0 Å². The van der Waals surface area contributed by atoms with E-state index in [-0.39, 0.29) is 22.8 Å². The molecule has 30 heavy (non-hydrogen) atoms. The number of rotatable bonds is 8. The van der Waals surface area contributed by atoms with Gasteiger partial charge in [-0.1, -0.05) is 19.9 Å². The molecule has 0 fully saturated rings. The van der Waals surface area contributed by atoms with Crippen LogP contribution in [0.5, 0.6) is 5.75 Å². The number of thiophene rings is 1. The molecule has 0 bridgehead atoms. The van der Waals surface area contributed by atoms with Crippen molar-refractivity contribution in [2.24, 2.45) is 0 Å². The van der Waals surface area contributed by atoms with Crippen molar-refractivity contribution < 1.29 is 22.7 Å². The van der Waals surface area contributed by atoms with E-state index in [4.69, 9.17) is 4.42 Å². The molecule has 0 saturated carbocycles. The Balaban J connectivity index is 1.79. The Kier molecular flexibility index (Phi) is 6.59. The minimum Gasteiger partial charge on any atom is -0.506 e. The first kappa shape index (κ1) is 22.0. The molecule has 0 aliphatic carbocycles. The van der Waals surface area contributed by atoms with Crippen LogP contribution in [-0.4, -0.2) is 41.8 Å². The molecule has 1 aromatic carbocycles. The Morgan fingerprint density at radius 3 is 2.63 bits per heavy atom. The van der Waals surface area contributed by atoms with Gasteiger partial charge in [0.25, 0.3) is 0 Å². The van der Waals surface area contributed by atoms with Crippen molar-refractivity contribution in [3.05, 3.63) is 47.2 Å². The van der Waals surface area contributed by atoms with Gasteiger partial charge in [0.05, 0.1) is 27.6 Å². The summed E-state index contributed by atoms with van der Waals surface area (Å²) < 4.78 is 32.3. The van der Waals surface area contributed by atoms with E-state index in [0.29, 0.717) is 30.4 Å². The molecule has 0 spiro atoms. The van der Waals surface area contributed by atoms with Gasteiger partial charge in [-0.15, -0.1) is 11.3 Å². The maximum Gasteiger partial charge on any atom is 0.243 e.